The fourth-order valence-corrected chi connectivity index (χ4v) is 1.87. The number of anilines is 1. The molecule has 6 heteroatoms. The van der Waals surface area contributed by atoms with Crippen LogP contribution in [0, 0.1) is 13.8 Å². The second-order valence-corrected chi connectivity index (χ2v) is 4.45. The van der Waals surface area contributed by atoms with Crippen molar-refractivity contribution in [2.75, 3.05) is 25.5 Å². The van der Waals surface area contributed by atoms with Crippen molar-refractivity contribution in [3.63, 3.8) is 0 Å². The molecule has 3 N–H and O–H groups in total. The van der Waals surface area contributed by atoms with Crippen LogP contribution in [0.1, 0.15) is 17.8 Å². The van der Waals surface area contributed by atoms with Crippen molar-refractivity contribution in [2.24, 2.45) is 5.73 Å². The van der Waals surface area contributed by atoms with E-state index in [1.54, 1.807) is 0 Å². The highest BCUT2D eigenvalue weighted by Gasteiger charge is 2.19. The molecule has 1 unspecified atom stereocenters. The number of aryl methyl sites for hydroxylation is 2. The first-order valence-electron chi connectivity index (χ1n) is 5.97. The quantitative estimate of drug-likeness (QED) is 0.739. The van der Waals surface area contributed by atoms with Crippen molar-refractivity contribution in [3.8, 4) is 0 Å². The van der Waals surface area contributed by atoms with Crippen molar-refractivity contribution >= 4 is 12.2 Å². The fourth-order valence-electron chi connectivity index (χ4n) is 1.87. The van der Waals surface area contributed by atoms with Gasteiger partial charge in [-0.25, -0.2) is 4.98 Å². The Bertz CT molecular complexity index is 396. The Morgan fingerprint density at radius 2 is 2.17 bits per heavy atom. The van der Waals surface area contributed by atoms with E-state index in [2.05, 4.69) is 33.0 Å². The molecule has 2 heterocycles. The third kappa shape index (κ3) is 4.29. The molecule has 1 saturated heterocycles. The highest BCUT2D eigenvalue weighted by atomic mass is 16.1. The molecule has 1 aromatic rings. The third-order valence-corrected chi connectivity index (χ3v) is 2.94. The predicted molar refractivity (Wildman–Crippen MR) is 71.3 cm³/mol. The van der Waals surface area contributed by atoms with E-state index >= 15 is 0 Å². The molecule has 0 aliphatic carbocycles. The lowest BCUT2D eigenvalue weighted by Gasteiger charge is -2.13. The van der Waals surface area contributed by atoms with Crippen LogP contribution in [0.4, 0.5) is 5.82 Å². The van der Waals surface area contributed by atoms with Gasteiger partial charge in [-0.1, -0.05) is 0 Å². The van der Waals surface area contributed by atoms with E-state index < -0.39 is 0 Å². The van der Waals surface area contributed by atoms with Gasteiger partial charge in [0.25, 0.3) is 0 Å². The number of carbonyl (C=O) groups is 1. The van der Waals surface area contributed by atoms with Crippen LogP contribution in [0.2, 0.25) is 0 Å². The summed E-state index contributed by atoms with van der Waals surface area (Å²) >= 11 is 0. The molecule has 1 fully saturated rings. The smallest absolute Gasteiger partial charge is 0.204 e. The lowest BCUT2D eigenvalue weighted by atomic mass is 10.2. The largest absolute Gasteiger partial charge is 0.372 e. The Morgan fingerprint density at radius 1 is 1.50 bits per heavy atom. The zero-order chi connectivity index (χ0) is 13.5. The third-order valence-electron chi connectivity index (χ3n) is 2.94. The molecule has 1 aromatic heterocycles. The number of rotatable bonds is 2. The SMILES string of the molecule is Cc1ncc(NC2CCN(C)C2)nc1C.NC=O. The van der Waals surface area contributed by atoms with Gasteiger partial charge in [-0.3, -0.25) is 9.78 Å². The average Bonchev–Trinajstić information content (AvgIpc) is 2.71. The van der Waals surface area contributed by atoms with Crippen LogP contribution in [0.15, 0.2) is 6.20 Å². The summed E-state index contributed by atoms with van der Waals surface area (Å²) in [6.07, 6.45) is 3.26. The number of amides is 1. The maximum atomic E-state index is 8.58. The highest BCUT2D eigenvalue weighted by molar-refractivity contribution is 5.42. The Balaban J connectivity index is 0.000000492. The monoisotopic (exact) mass is 251 g/mol. The van der Waals surface area contributed by atoms with E-state index in [0.717, 1.165) is 30.3 Å². The fraction of sp³-hybridized carbons (Fsp3) is 0.583. The summed E-state index contributed by atoms with van der Waals surface area (Å²) in [6.45, 7) is 6.23. The van der Waals surface area contributed by atoms with Crippen molar-refractivity contribution in [1.82, 2.24) is 14.9 Å². The van der Waals surface area contributed by atoms with Gasteiger partial charge in [-0.15, -0.1) is 0 Å². The van der Waals surface area contributed by atoms with Crippen molar-refractivity contribution in [1.29, 1.82) is 0 Å². The number of nitrogens with two attached hydrogens (primary N) is 1. The van der Waals surface area contributed by atoms with Crippen LogP contribution in [-0.2, 0) is 4.79 Å². The standard InChI is InChI=1S/C11H18N4.CH3NO/c1-8-9(2)13-11(6-12-8)14-10-4-5-15(3)7-10;2-1-3/h6,10H,4-5,7H2,1-3H3,(H,13,14);1H,(H2,2,3). The molecule has 1 atom stereocenters. The van der Waals surface area contributed by atoms with Crippen LogP contribution in [-0.4, -0.2) is 47.5 Å². The maximum Gasteiger partial charge on any atom is 0.204 e. The number of nitrogens with one attached hydrogen (secondary N) is 1. The number of likely N-dealkylation sites (tertiary alicyclic amines) is 1. The van der Waals surface area contributed by atoms with Gasteiger partial charge < -0.3 is 16.0 Å². The predicted octanol–water partition coefficient (Wildman–Crippen LogP) is 0.311. The van der Waals surface area contributed by atoms with E-state index in [1.807, 2.05) is 20.0 Å². The van der Waals surface area contributed by atoms with E-state index in [4.69, 9.17) is 4.79 Å². The Kier molecular flexibility index (Phi) is 5.51. The van der Waals surface area contributed by atoms with Gasteiger partial charge in [-0.05, 0) is 33.9 Å². The molecule has 0 aromatic carbocycles. The van der Waals surface area contributed by atoms with E-state index in [-0.39, 0.29) is 6.41 Å². The highest BCUT2D eigenvalue weighted by Crippen LogP contribution is 2.13. The summed E-state index contributed by atoms with van der Waals surface area (Å²) in [5, 5.41) is 3.42. The number of hydrogen-bond donors (Lipinski definition) is 2. The molecule has 2 rings (SSSR count). The normalized spacial score (nSPS) is 18.9. The van der Waals surface area contributed by atoms with E-state index in [9.17, 15) is 0 Å². The van der Waals surface area contributed by atoms with E-state index in [1.165, 1.54) is 6.42 Å². The molecular weight excluding hydrogens is 230 g/mol. The Morgan fingerprint density at radius 3 is 2.67 bits per heavy atom. The lowest BCUT2D eigenvalue weighted by Crippen LogP contribution is -2.24. The first-order valence-corrected chi connectivity index (χ1v) is 5.97. The number of carbonyl (C=O) groups excluding carboxylic acids is 1. The number of primary amides is 1. The van der Waals surface area contributed by atoms with Crippen molar-refractivity contribution in [2.45, 2.75) is 26.3 Å². The molecule has 1 aliphatic heterocycles. The molecule has 18 heavy (non-hydrogen) atoms. The van der Waals surface area contributed by atoms with E-state index in [0.29, 0.717) is 6.04 Å². The molecule has 1 amide bonds. The molecule has 1 aliphatic rings. The van der Waals surface area contributed by atoms with Crippen molar-refractivity contribution in [3.05, 3.63) is 17.6 Å². The minimum atomic E-state index is 0.250. The van der Waals surface area contributed by atoms with Gasteiger partial charge in [-0.2, -0.15) is 0 Å². The summed E-state index contributed by atoms with van der Waals surface area (Å²) in [4.78, 5) is 19.7. The first-order chi connectivity index (χ1) is 8.56. The molecule has 0 saturated carbocycles. The Labute approximate surface area is 108 Å². The Hall–Kier alpha value is -1.69. The topological polar surface area (TPSA) is 84.1 Å². The summed E-state index contributed by atoms with van der Waals surface area (Å²) in [5.74, 6) is 0.901. The molecule has 0 radical (unpaired) electrons. The molecule has 100 valence electrons. The van der Waals surface area contributed by atoms with Gasteiger partial charge in [0.05, 0.1) is 17.6 Å². The van der Waals surface area contributed by atoms with Crippen LogP contribution < -0.4 is 11.1 Å². The summed E-state index contributed by atoms with van der Waals surface area (Å²) in [7, 11) is 2.15. The number of hydrogen-bond acceptors (Lipinski definition) is 5. The van der Waals surface area contributed by atoms with Gasteiger partial charge in [0.15, 0.2) is 0 Å². The molecular formula is C12H21N5O. The summed E-state index contributed by atoms with van der Waals surface area (Å²) in [6, 6.07) is 0.520. The van der Waals surface area contributed by atoms with Crippen LogP contribution >= 0.6 is 0 Å². The van der Waals surface area contributed by atoms with Crippen LogP contribution in [0.25, 0.3) is 0 Å². The zero-order valence-electron chi connectivity index (χ0n) is 11.2. The second-order valence-electron chi connectivity index (χ2n) is 4.45. The van der Waals surface area contributed by atoms with Gasteiger partial charge in [0.1, 0.15) is 5.82 Å². The molecule has 0 bridgehead atoms. The second kappa shape index (κ2) is 6.90. The lowest BCUT2D eigenvalue weighted by molar-refractivity contribution is -0.106. The first kappa shape index (κ1) is 14.4. The minimum absolute atomic E-state index is 0.250. The number of nitrogens with zero attached hydrogens (tertiary/aromatic N) is 3. The van der Waals surface area contributed by atoms with Gasteiger partial charge >= 0.3 is 0 Å². The molecule has 0 spiro atoms. The summed E-state index contributed by atoms with van der Waals surface area (Å²) in [5.41, 5.74) is 6.18. The zero-order valence-corrected chi connectivity index (χ0v) is 11.2. The number of aromatic nitrogens is 2. The van der Waals surface area contributed by atoms with Gasteiger partial charge in [0, 0.05) is 12.6 Å². The number of likely N-dealkylation sites (N-methyl/N-ethyl adjacent to an activating group) is 1. The maximum absolute atomic E-state index is 8.58. The van der Waals surface area contributed by atoms with Crippen LogP contribution in [0.5, 0.6) is 0 Å². The average molecular weight is 251 g/mol. The minimum Gasteiger partial charge on any atom is -0.372 e. The molecule has 6 nitrogen and oxygen atoms in total. The summed E-state index contributed by atoms with van der Waals surface area (Å²) < 4.78 is 0. The van der Waals surface area contributed by atoms with Gasteiger partial charge in [0.2, 0.25) is 6.41 Å². The van der Waals surface area contributed by atoms with Crippen molar-refractivity contribution < 1.29 is 4.79 Å². The van der Waals surface area contributed by atoms with Crippen LogP contribution in [0.3, 0.4) is 0 Å².